The van der Waals surface area contributed by atoms with Gasteiger partial charge >= 0.3 is 5.97 Å². The van der Waals surface area contributed by atoms with Crippen molar-refractivity contribution in [3.05, 3.63) is 0 Å². The third kappa shape index (κ3) is 21.9. The van der Waals surface area contributed by atoms with Crippen LogP contribution in [0.5, 0.6) is 0 Å². The third-order valence-electron chi connectivity index (χ3n) is 1.74. The van der Waals surface area contributed by atoms with Crippen molar-refractivity contribution >= 4 is 17.7 Å². The summed E-state index contributed by atoms with van der Waals surface area (Å²) in [5.74, 6) is -1.50. The highest BCUT2D eigenvalue weighted by Crippen LogP contribution is 1.99. The van der Waals surface area contributed by atoms with Crippen molar-refractivity contribution in [2.24, 2.45) is 0 Å². The molecule has 0 aromatic heterocycles. The minimum atomic E-state index is -1.10. The first kappa shape index (κ1) is 27.0. The summed E-state index contributed by atoms with van der Waals surface area (Å²) in [5.41, 5.74) is 0. The lowest BCUT2D eigenvalue weighted by atomic mass is 10.1. The van der Waals surface area contributed by atoms with E-state index in [0.29, 0.717) is 0 Å². The van der Waals surface area contributed by atoms with Crippen molar-refractivity contribution in [3.63, 3.8) is 0 Å². The number of hydrogen-bond acceptors (Lipinski definition) is 3. The minimum absolute atomic E-state index is 0.0815. The van der Waals surface area contributed by atoms with Gasteiger partial charge in [0.1, 0.15) is 11.8 Å². The fourth-order valence-electron chi connectivity index (χ4n) is 0.901. The van der Waals surface area contributed by atoms with Gasteiger partial charge < -0.3 is 15.2 Å². The lowest BCUT2D eigenvalue weighted by molar-refractivity contribution is -0.142. The first-order chi connectivity index (χ1) is 9.47. The minimum Gasteiger partial charge on any atom is -0.480 e. The van der Waals surface area contributed by atoms with Gasteiger partial charge in [0.2, 0.25) is 5.91 Å². The fraction of sp³-hybridized carbons (Fsp3) is 0.800. The van der Waals surface area contributed by atoms with E-state index in [1.165, 1.54) is 6.92 Å². The van der Waals surface area contributed by atoms with Gasteiger partial charge in [0, 0.05) is 12.8 Å². The van der Waals surface area contributed by atoms with Gasteiger partial charge in [-0.1, -0.05) is 48.5 Å². The molecule has 5 heteroatoms. The molecule has 0 aromatic carbocycles. The zero-order valence-electron chi connectivity index (χ0n) is 14.4. The Morgan fingerprint density at radius 2 is 1.40 bits per heavy atom. The molecule has 5 nitrogen and oxygen atoms in total. The summed E-state index contributed by atoms with van der Waals surface area (Å²) in [5, 5.41) is 11.0. The summed E-state index contributed by atoms with van der Waals surface area (Å²) in [6, 6.07) is -0.952. The number of Topliss-reactive ketones (excluding diaryl/α,β-unsaturated/α-hetero) is 1. The van der Waals surface area contributed by atoms with Crippen molar-refractivity contribution in [2.45, 2.75) is 80.7 Å². The van der Waals surface area contributed by atoms with Crippen LogP contribution in [0.25, 0.3) is 0 Å². The predicted octanol–water partition coefficient (Wildman–Crippen LogP) is 3.41. The van der Waals surface area contributed by atoms with Crippen LogP contribution in [0, 0.1) is 0 Å². The van der Waals surface area contributed by atoms with E-state index in [9.17, 15) is 14.4 Å². The molecule has 1 amide bonds. The van der Waals surface area contributed by atoms with Crippen LogP contribution >= 0.6 is 0 Å². The van der Waals surface area contributed by atoms with Crippen molar-refractivity contribution in [1.82, 2.24) is 5.32 Å². The van der Waals surface area contributed by atoms with E-state index in [-0.39, 0.29) is 31.0 Å². The second-order valence-corrected chi connectivity index (χ2v) is 3.05. The van der Waals surface area contributed by atoms with Crippen LogP contribution < -0.4 is 5.32 Å². The Bertz CT molecular complexity index is 240. The van der Waals surface area contributed by atoms with E-state index in [4.69, 9.17) is 5.11 Å². The first-order valence-corrected chi connectivity index (χ1v) is 7.49. The second kappa shape index (κ2) is 22.8. The van der Waals surface area contributed by atoms with Crippen LogP contribution in [-0.4, -0.2) is 28.8 Å². The molecule has 1 unspecified atom stereocenters. The highest BCUT2D eigenvalue weighted by Gasteiger charge is 2.19. The second-order valence-electron chi connectivity index (χ2n) is 3.05. The van der Waals surface area contributed by atoms with Gasteiger partial charge in [-0.25, -0.2) is 4.79 Å². The summed E-state index contributed by atoms with van der Waals surface area (Å²) in [4.78, 5) is 32.2. The fourth-order valence-corrected chi connectivity index (χ4v) is 0.901. The Kier molecular flexibility index (Phi) is 30.8. The van der Waals surface area contributed by atoms with E-state index < -0.39 is 12.0 Å². The number of carbonyl (C=O) groups is 3. The van der Waals surface area contributed by atoms with Gasteiger partial charge in [-0.15, -0.1) is 0 Å². The number of aliphatic carboxylic acids is 1. The van der Waals surface area contributed by atoms with E-state index in [1.807, 2.05) is 41.5 Å². The normalized spacial score (nSPS) is 9.20. The summed E-state index contributed by atoms with van der Waals surface area (Å²) < 4.78 is 0. The third-order valence-corrected chi connectivity index (χ3v) is 1.74. The van der Waals surface area contributed by atoms with Gasteiger partial charge in [-0.2, -0.15) is 0 Å². The number of rotatable bonds is 6. The molecule has 2 N–H and O–H groups in total. The number of nitrogens with one attached hydrogen (secondary N) is 1. The maximum Gasteiger partial charge on any atom is 0.326 e. The molecule has 0 aliphatic heterocycles. The molecular formula is C15H33NO4. The van der Waals surface area contributed by atoms with E-state index in [2.05, 4.69) is 5.32 Å². The molecule has 20 heavy (non-hydrogen) atoms. The number of carboxylic acid groups (broad SMARTS) is 1. The molecule has 0 radical (unpaired) electrons. The monoisotopic (exact) mass is 291 g/mol. The van der Waals surface area contributed by atoms with E-state index in [0.717, 1.165) is 0 Å². The number of hydrogen-bond donors (Lipinski definition) is 2. The molecule has 0 fully saturated rings. The smallest absolute Gasteiger partial charge is 0.326 e. The standard InChI is InChI=1S/C9H15NO4.3C2H6/c1-3-8(12)10-7(9(13)14)5-4-6(2)11;3*1-2/h7H,3-5H2,1-2H3,(H,10,12)(H,13,14);3*1-2H3. The molecule has 0 saturated carbocycles. The van der Waals surface area contributed by atoms with Crippen LogP contribution in [0.4, 0.5) is 0 Å². The zero-order valence-corrected chi connectivity index (χ0v) is 14.4. The first-order valence-electron chi connectivity index (χ1n) is 7.49. The molecule has 0 aliphatic carbocycles. The van der Waals surface area contributed by atoms with Crippen LogP contribution in [-0.2, 0) is 14.4 Å². The average molecular weight is 291 g/mol. The largest absolute Gasteiger partial charge is 0.480 e. The number of ketones is 1. The lowest BCUT2D eigenvalue weighted by Gasteiger charge is -2.12. The molecule has 0 saturated heterocycles. The van der Waals surface area contributed by atoms with Crippen molar-refractivity contribution < 1.29 is 19.5 Å². The van der Waals surface area contributed by atoms with Crippen LogP contribution in [0.1, 0.15) is 74.7 Å². The van der Waals surface area contributed by atoms with E-state index in [1.54, 1.807) is 6.92 Å². The summed E-state index contributed by atoms with van der Waals surface area (Å²) in [6.07, 6.45) is 0.557. The number of carbonyl (C=O) groups excluding carboxylic acids is 2. The quantitative estimate of drug-likeness (QED) is 0.785. The van der Waals surface area contributed by atoms with Gasteiger partial charge in [-0.3, -0.25) is 4.79 Å². The molecule has 0 bridgehead atoms. The van der Waals surface area contributed by atoms with Crippen LogP contribution in [0.2, 0.25) is 0 Å². The summed E-state index contributed by atoms with van der Waals surface area (Å²) >= 11 is 0. The zero-order chi connectivity index (χ0) is 17.1. The van der Waals surface area contributed by atoms with Crippen molar-refractivity contribution in [3.8, 4) is 0 Å². The lowest BCUT2D eigenvalue weighted by Crippen LogP contribution is -2.40. The Balaban J connectivity index is -0.000000187. The van der Waals surface area contributed by atoms with Crippen LogP contribution in [0.15, 0.2) is 0 Å². The van der Waals surface area contributed by atoms with Gasteiger partial charge in [0.25, 0.3) is 0 Å². The number of carboxylic acids is 1. The highest BCUT2D eigenvalue weighted by molar-refractivity contribution is 5.84. The Labute approximate surface area is 124 Å². The molecule has 0 spiro atoms. The van der Waals surface area contributed by atoms with Gasteiger partial charge in [0.15, 0.2) is 0 Å². The molecule has 0 rings (SSSR count). The molecule has 0 aliphatic rings. The molecule has 0 aromatic rings. The Morgan fingerprint density at radius 1 is 1.00 bits per heavy atom. The molecule has 0 heterocycles. The number of amides is 1. The topological polar surface area (TPSA) is 83.5 Å². The summed E-state index contributed by atoms with van der Waals surface area (Å²) in [7, 11) is 0. The van der Waals surface area contributed by atoms with Crippen LogP contribution in [0.3, 0.4) is 0 Å². The van der Waals surface area contributed by atoms with E-state index >= 15 is 0 Å². The maximum absolute atomic E-state index is 10.9. The van der Waals surface area contributed by atoms with Crippen molar-refractivity contribution in [2.75, 3.05) is 0 Å². The van der Waals surface area contributed by atoms with Crippen molar-refractivity contribution in [1.29, 1.82) is 0 Å². The Hall–Kier alpha value is -1.39. The Morgan fingerprint density at radius 3 is 1.65 bits per heavy atom. The molecular weight excluding hydrogens is 258 g/mol. The molecule has 1 atom stereocenters. The SMILES string of the molecule is CC.CC.CC.CCC(=O)NC(CCC(C)=O)C(=O)O. The predicted molar refractivity (Wildman–Crippen MR) is 83.8 cm³/mol. The van der Waals surface area contributed by atoms with Gasteiger partial charge in [-0.05, 0) is 13.3 Å². The van der Waals surface area contributed by atoms with Gasteiger partial charge in [0.05, 0.1) is 0 Å². The summed E-state index contributed by atoms with van der Waals surface area (Å²) in [6.45, 7) is 15.0. The molecule has 122 valence electrons. The average Bonchev–Trinajstić information content (AvgIpc) is 2.48. The maximum atomic E-state index is 10.9. The highest BCUT2D eigenvalue weighted by atomic mass is 16.4.